The standard InChI is InChI=1S/C63H119NO5/c1-3-5-7-9-11-13-15-17-19-20-21-22-23-24-25-26-27-28-29-31-35-39-43-47-51-55-61(66)60(59-65)64-62(67)56-52-48-44-40-36-32-30-34-38-42-46-50-54-58-69-63(68)57-53-49-45-41-37-33-18-16-14-12-10-8-6-4-2/h16,18,32,36,44,48,60-61,65-66H,3-15,17,19-31,33-35,37-43,45-47,49-59H2,1-2H3,(H,64,67)/b18-16-,36-32-,48-44-. The Labute approximate surface area is 430 Å². The molecule has 6 nitrogen and oxygen atoms in total. The van der Waals surface area contributed by atoms with Crippen LogP contribution in [0.25, 0.3) is 0 Å². The van der Waals surface area contributed by atoms with Gasteiger partial charge in [0.25, 0.3) is 0 Å². The molecule has 2 atom stereocenters. The predicted molar refractivity (Wildman–Crippen MR) is 301 cm³/mol. The summed E-state index contributed by atoms with van der Waals surface area (Å²) < 4.78 is 5.45. The number of rotatable bonds is 57. The van der Waals surface area contributed by atoms with Crippen molar-refractivity contribution >= 4 is 11.9 Å². The average molecular weight is 971 g/mol. The Morgan fingerprint density at radius 1 is 0.406 bits per heavy atom. The Kier molecular flexibility index (Phi) is 57.0. The molecule has 0 rings (SSSR count). The van der Waals surface area contributed by atoms with Crippen LogP contribution in [-0.4, -0.2) is 47.4 Å². The number of carbonyl (C=O) groups excluding carboxylic acids is 2. The summed E-state index contributed by atoms with van der Waals surface area (Å²) in [6, 6.07) is -0.587. The van der Waals surface area contributed by atoms with Crippen LogP contribution in [-0.2, 0) is 14.3 Å². The molecule has 0 aromatic carbocycles. The molecule has 6 heteroatoms. The second-order valence-electron chi connectivity index (χ2n) is 21.0. The Morgan fingerprint density at radius 2 is 0.739 bits per heavy atom. The van der Waals surface area contributed by atoms with E-state index < -0.39 is 12.1 Å². The lowest BCUT2D eigenvalue weighted by molar-refractivity contribution is -0.143. The van der Waals surface area contributed by atoms with Gasteiger partial charge in [0, 0.05) is 12.8 Å². The summed E-state index contributed by atoms with van der Waals surface area (Å²) in [7, 11) is 0. The fraction of sp³-hybridized carbons (Fsp3) is 0.873. The predicted octanol–water partition coefficient (Wildman–Crippen LogP) is 19.2. The lowest BCUT2D eigenvalue weighted by atomic mass is 10.0. The number of amides is 1. The van der Waals surface area contributed by atoms with Crippen molar-refractivity contribution in [3.63, 3.8) is 0 Å². The normalized spacial score (nSPS) is 12.8. The highest BCUT2D eigenvalue weighted by atomic mass is 16.5. The first-order valence-electron chi connectivity index (χ1n) is 30.7. The number of allylic oxidation sites excluding steroid dienone is 6. The van der Waals surface area contributed by atoms with Gasteiger partial charge in [-0.1, -0.05) is 281 Å². The maximum atomic E-state index is 12.5. The number of nitrogens with one attached hydrogen (secondary N) is 1. The van der Waals surface area contributed by atoms with Crippen molar-refractivity contribution in [3.05, 3.63) is 36.5 Å². The first-order valence-corrected chi connectivity index (χ1v) is 30.7. The SMILES string of the molecule is CCCCCCC/C=C\CCCCCCCC(=O)OCCCCCCCC/C=C\C/C=C\CCC(=O)NC(CO)C(O)CCCCCCCCCCCCCCCCCCCCCCCCCCC. The van der Waals surface area contributed by atoms with Gasteiger partial charge in [-0.05, 0) is 70.6 Å². The summed E-state index contributed by atoms with van der Waals surface area (Å²) in [5, 5.41) is 23.3. The molecular formula is C63H119NO5. The molecule has 1 amide bonds. The number of hydrogen-bond acceptors (Lipinski definition) is 5. The maximum Gasteiger partial charge on any atom is 0.305 e. The van der Waals surface area contributed by atoms with Crippen LogP contribution in [0.3, 0.4) is 0 Å². The van der Waals surface area contributed by atoms with E-state index in [1.54, 1.807) is 0 Å². The monoisotopic (exact) mass is 970 g/mol. The van der Waals surface area contributed by atoms with Crippen LogP contribution in [0.4, 0.5) is 0 Å². The molecule has 0 aliphatic heterocycles. The van der Waals surface area contributed by atoms with Gasteiger partial charge in [0.2, 0.25) is 5.91 Å². The molecule has 3 N–H and O–H groups in total. The van der Waals surface area contributed by atoms with Gasteiger partial charge in [-0.3, -0.25) is 9.59 Å². The van der Waals surface area contributed by atoms with Gasteiger partial charge in [-0.25, -0.2) is 0 Å². The minimum atomic E-state index is -0.701. The third kappa shape index (κ3) is 55.2. The summed E-state index contributed by atoms with van der Waals surface area (Å²) in [6.07, 6.45) is 73.1. The van der Waals surface area contributed by atoms with Crippen LogP contribution in [0.1, 0.15) is 328 Å². The van der Waals surface area contributed by atoms with Crippen molar-refractivity contribution in [3.8, 4) is 0 Å². The first-order chi connectivity index (χ1) is 34.0. The Hall–Kier alpha value is -1.92. The number of hydrogen-bond donors (Lipinski definition) is 3. The van der Waals surface area contributed by atoms with Gasteiger partial charge >= 0.3 is 5.97 Å². The fourth-order valence-electron chi connectivity index (χ4n) is 9.45. The van der Waals surface area contributed by atoms with Crippen molar-refractivity contribution in [2.45, 2.75) is 341 Å². The number of unbranched alkanes of at least 4 members (excludes halogenated alkanes) is 40. The van der Waals surface area contributed by atoms with E-state index in [-0.39, 0.29) is 18.5 Å². The number of aliphatic hydroxyl groups is 2. The highest BCUT2D eigenvalue weighted by Crippen LogP contribution is 2.17. The molecule has 0 aromatic heterocycles. The molecule has 0 saturated carbocycles. The van der Waals surface area contributed by atoms with Crippen LogP contribution in [0.15, 0.2) is 36.5 Å². The summed E-state index contributed by atoms with van der Waals surface area (Å²) in [6.45, 7) is 4.89. The van der Waals surface area contributed by atoms with E-state index in [2.05, 4.69) is 49.5 Å². The minimum absolute atomic E-state index is 0.0249. The molecule has 69 heavy (non-hydrogen) atoms. The van der Waals surface area contributed by atoms with Crippen LogP contribution in [0.2, 0.25) is 0 Å². The highest BCUT2D eigenvalue weighted by molar-refractivity contribution is 5.76. The first kappa shape index (κ1) is 67.1. The van der Waals surface area contributed by atoms with Gasteiger partial charge in [0.05, 0.1) is 25.4 Å². The van der Waals surface area contributed by atoms with Crippen molar-refractivity contribution < 1.29 is 24.5 Å². The molecule has 0 fully saturated rings. The lowest BCUT2D eigenvalue weighted by Crippen LogP contribution is -2.45. The largest absolute Gasteiger partial charge is 0.466 e. The van der Waals surface area contributed by atoms with Gasteiger partial charge in [0.1, 0.15) is 0 Å². The van der Waals surface area contributed by atoms with Crippen LogP contribution in [0, 0.1) is 0 Å². The second-order valence-corrected chi connectivity index (χ2v) is 21.0. The Bertz CT molecular complexity index is 1120. The molecule has 0 bridgehead atoms. The molecule has 0 heterocycles. The minimum Gasteiger partial charge on any atom is -0.466 e. The van der Waals surface area contributed by atoms with E-state index in [1.807, 2.05) is 6.08 Å². The molecular weight excluding hydrogens is 851 g/mol. The lowest BCUT2D eigenvalue weighted by Gasteiger charge is -2.22. The van der Waals surface area contributed by atoms with Gasteiger partial charge < -0.3 is 20.3 Å². The van der Waals surface area contributed by atoms with Crippen LogP contribution >= 0.6 is 0 Å². The van der Waals surface area contributed by atoms with Gasteiger partial charge in [-0.15, -0.1) is 0 Å². The van der Waals surface area contributed by atoms with Gasteiger partial charge in [0.15, 0.2) is 0 Å². The van der Waals surface area contributed by atoms with E-state index >= 15 is 0 Å². The molecule has 406 valence electrons. The Balaban J connectivity index is 3.52. The molecule has 0 radical (unpaired) electrons. The number of ether oxygens (including phenoxy) is 1. The highest BCUT2D eigenvalue weighted by Gasteiger charge is 2.20. The van der Waals surface area contributed by atoms with Crippen molar-refractivity contribution in [2.75, 3.05) is 13.2 Å². The van der Waals surface area contributed by atoms with E-state index in [0.717, 1.165) is 51.4 Å². The van der Waals surface area contributed by atoms with Gasteiger partial charge in [-0.2, -0.15) is 0 Å². The summed E-state index contributed by atoms with van der Waals surface area (Å²) >= 11 is 0. The average Bonchev–Trinajstić information content (AvgIpc) is 3.35. The number of esters is 1. The smallest absolute Gasteiger partial charge is 0.305 e. The van der Waals surface area contributed by atoms with E-state index in [4.69, 9.17) is 4.74 Å². The van der Waals surface area contributed by atoms with Crippen molar-refractivity contribution in [1.82, 2.24) is 5.32 Å². The zero-order valence-corrected chi connectivity index (χ0v) is 46.3. The van der Waals surface area contributed by atoms with E-state index in [1.165, 1.54) is 238 Å². The quantitative estimate of drug-likeness (QED) is 0.0321. The maximum absolute atomic E-state index is 12.5. The fourth-order valence-corrected chi connectivity index (χ4v) is 9.45. The van der Waals surface area contributed by atoms with E-state index in [0.29, 0.717) is 32.3 Å². The third-order valence-corrected chi connectivity index (χ3v) is 14.2. The number of aliphatic hydroxyl groups excluding tert-OH is 2. The van der Waals surface area contributed by atoms with Crippen LogP contribution in [0.5, 0.6) is 0 Å². The summed E-state index contributed by atoms with van der Waals surface area (Å²) in [4.78, 5) is 24.5. The second kappa shape index (κ2) is 58.6. The molecule has 0 spiro atoms. The molecule has 0 saturated heterocycles. The molecule has 2 unspecified atom stereocenters. The summed E-state index contributed by atoms with van der Waals surface area (Å²) in [5.41, 5.74) is 0. The number of carbonyl (C=O) groups is 2. The summed E-state index contributed by atoms with van der Waals surface area (Å²) in [5.74, 6) is -0.138. The zero-order valence-electron chi connectivity index (χ0n) is 46.3. The van der Waals surface area contributed by atoms with Crippen molar-refractivity contribution in [2.24, 2.45) is 0 Å². The molecule has 0 aliphatic carbocycles. The van der Waals surface area contributed by atoms with Crippen LogP contribution < -0.4 is 5.32 Å². The third-order valence-electron chi connectivity index (χ3n) is 14.2. The van der Waals surface area contributed by atoms with Crippen molar-refractivity contribution in [1.29, 1.82) is 0 Å². The topological polar surface area (TPSA) is 95.9 Å². The molecule has 0 aliphatic rings. The van der Waals surface area contributed by atoms with E-state index in [9.17, 15) is 19.8 Å². The molecule has 0 aromatic rings. The Morgan fingerprint density at radius 3 is 1.14 bits per heavy atom. The zero-order chi connectivity index (χ0) is 50.0.